The van der Waals surface area contributed by atoms with Crippen LogP contribution in [-0.4, -0.2) is 29.3 Å². The van der Waals surface area contributed by atoms with Gasteiger partial charge in [-0.05, 0) is 11.8 Å². The lowest BCUT2D eigenvalue weighted by Gasteiger charge is -2.20. The van der Waals surface area contributed by atoms with E-state index in [0.29, 0.717) is 13.0 Å². The molecule has 1 saturated heterocycles. The molecule has 1 aliphatic heterocycles. The summed E-state index contributed by atoms with van der Waals surface area (Å²) >= 11 is 0. The Labute approximate surface area is 82.4 Å². The van der Waals surface area contributed by atoms with Crippen molar-refractivity contribution >= 4 is 17.8 Å². The maximum atomic E-state index is 11.1. The van der Waals surface area contributed by atoms with E-state index in [2.05, 4.69) is 0 Å². The molecule has 5 heteroatoms. The largest absolute Gasteiger partial charge is 0.331 e. The third-order valence-corrected chi connectivity index (χ3v) is 1.99. The zero-order chi connectivity index (χ0) is 10.9. The lowest BCUT2D eigenvalue weighted by atomic mass is 9.92. The molecule has 0 spiro atoms. The summed E-state index contributed by atoms with van der Waals surface area (Å²) in [6, 6.07) is -0.607. The summed E-state index contributed by atoms with van der Waals surface area (Å²) < 4.78 is 0. The van der Waals surface area contributed by atoms with Gasteiger partial charge in [-0.3, -0.25) is 19.8 Å². The van der Waals surface area contributed by atoms with Gasteiger partial charge in [0.1, 0.15) is 0 Å². The molecule has 1 heterocycles. The number of hydrogen-bond donors (Lipinski definition) is 1. The van der Waals surface area contributed by atoms with Crippen LogP contribution in [0, 0.1) is 5.41 Å². The molecule has 1 rings (SSSR count). The molecule has 1 fully saturated rings. The van der Waals surface area contributed by atoms with Gasteiger partial charge < -0.3 is 0 Å². The normalized spacial score (nSPS) is 17.6. The Morgan fingerprint density at radius 2 is 1.79 bits per heavy atom. The molecule has 0 saturated carbocycles. The standard InChI is InChI=1S/C9H14N2O3/c1-9(2,3)4-5-11-7(13)6(12)10-8(11)14/h4-5H2,1-3H3,(H,10,12,14). The van der Waals surface area contributed by atoms with Crippen molar-refractivity contribution in [2.75, 3.05) is 6.54 Å². The van der Waals surface area contributed by atoms with Gasteiger partial charge in [-0.1, -0.05) is 20.8 Å². The van der Waals surface area contributed by atoms with E-state index in [0.717, 1.165) is 4.90 Å². The Hall–Kier alpha value is -1.39. The molecular formula is C9H14N2O3. The van der Waals surface area contributed by atoms with Gasteiger partial charge in [-0.2, -0.15) is 0 Å². The Morgan fingerprint density at radius 1 is 1.21 bits per heavy atom. The Kier molecular flexibility index (Phi) is 2.59. The number of hydrogen-bond acceptors (Lipinski definition) is 3. The summed E-state index contributed by atoms with van der Waals surface area (Å²) in [6.45, 7) is 6.31. The van der Waals surface area contributed by atoms with Gasteiger partial charge in [0, 0.05) is 6.54 Å². The van der Waals surface area contributed by atoms with Crippen molar-refractivity contribution in [2.24, 2.45) is 5.41 Å². The van der Waals surface area contributed by atoms with Crippen LogP contribution < -0.4 is 5.32 Å². The van der Waals surface area contributed by atoms with E-state index in [1.165, 1.54) is 0 Å². The molecule has 0 aliphatic carbocycles. The molecule has 4 amide bonds. The summed E-state index contributed by atoms with van der Waals surface area (Å²) in [5, 5.41) is 1.95. The lowest BCUT2D eigenvalue weighted by Crippen LogP contribution is -2.33. The van der Waals surface area contributed by atoms with Crippen LogP contribution in [0.4, 0.5) is 4.79 Å². The number of amides is 4. The Bertz CT molecular complexity index is 291. The number of urea groups is 1. The maximum absolute atomic E-state index is 11.1. The van der Waals surface area contributed by atoms with Crippen LogP contribution in [0.15, 0.2) is 0 Å². The van der Waals surface area contributed by atoms with Crippen molar-refractivity contribution in [2.45, 2.75) is 27.2 Å². The topological polar surface area (TPSA) is 66.5 Å². The van der Waals surface area contributed by atoms with Crippen molar-refractivity contribution in [3.63, 3.8) is 0 Å². The highest BCUT2D eigenvalue weighted by Crippen LogP contribution is 2.19. The lowest BCUT2D eigenvalue weighted by molar-refractivity contribution is -0.140. The Morgan fingerprint density at radius 3 is 2.14 bits per heavy atom. The first-order valence-electron chi connectivity index (χ1n) is 4.48. The molecule has 0 radical (unpaired) electrons. The van der Waals surface area contributed by atoms with E-state index < -0.39 is 17.8 Å². The van der Waals surface area contributed by atoms with E-state index in [4.69, 9.17) is 0 Å². The zero-order valence-electron chi connectivity index (χ0n) is 8.59. The van der Waals surface area contributed by atoms with Crippen molar-refractivity contribution < 1.29 is 14.4 Å². The van der Waals surface area contributed by atoms with Crippen LogP contribution in [0.3, 0.4) is 0 Å². The molecule has 78 valence electrons. The minimum absolute atomic E-state index is 0.0339. The van der Waals surface area contributed by atoms with Crippen molar-refractivity contribution in [3.8, 4) is 0 Å². The van der Waals surface area contributed by atoms with Gasteiger partial charge in [0.15, 0.2) is 0 Å². The predicted molar refractivity (Wildman–Crippen MR) is 49.3 cm³/mol. The highest BCUT2D eigenvalue weighted by atomic mass is 16.2. The van der Waals surface area contributed by atoms with Crippen LogP contribution in [0.1, 0.15) is 27.2 Å². The minimum Gasteiger partial charge on any atom is -0.269 e. The molecule has 14 heavy (non-hydrogen) atoms. The van der Waals surface area contributed by atoms with Gasteiger partial charge in [0.2, 0.25) is 0 Å². The molecule has 1 N–H and O–H groups in total. The number of nitrogens with one attached hydrogen (secondary N) is 1. The molecule has 0 aromatic carbocycles. The smallest absolute Gasteiger partial charge is 0.269 e. The maximum Gasteiger partial charge on any atom is 0.331 e. The van der Waals surface area contributed by atoms with E-state index >= 15 is 0 Å². The predicted octanol–water partition coefficient (Wildman–Crippen LogP) is 0.501. The summed E-state index contributed by atoms with van der Waals surface area (Å²) in [5.74, 6) is -1.58. The fraction of sp³-hybridized carbons (Fsp3) is 0.667. The van der Waals surface area contributed by atoms with Gasteiger partial charge in [-0.15, -0.1) is 0 Å². The highest BCUT2D eigenvalue weighted by Gasteiger charge is 2.36. The van der Waals surface area contributed by atoms with Gasteiger partial charge in [0.25, 0.3) is 0 Å². The third-order valence-electron chi connectivity index (χ3n) is 1.99. The van der Waals surface area contributed by atoms with E-state index in [9.17, 15) is 14.4 Å². The van der Waals surface area contributed by atoms with Crippen molar-refractivity contribution in [3.05, 3.63) is 0 Å². The molecule has 1 aliphatic rings. The summed E-state index contributed by atoms with van der Waals surface area (Å²) in [6.07, 6.45) is 0.680. The van der Waals surface area contributed by atoms with E-state index in [1.807, 2.05) is 26.1 Å². The molecule has 0 unspecified atom stereocenters. The second-order valence-electron chi connectivity index (χ2n) is 4.53. The fourth-order valence-electron chi connectivity index (χ4n) is 1.08. The second kappa shape index (κ2) is 3.40. The molecule has 0 bridgehead atoms. The first-order valence-corrected chi connectivity index (χ1v) is 4.48. The van der Waals surface area contributed by atoms with Crippen molar-refractivity contribution in [1.82, 2.24) is 10.2 Å². The van der Waals surface area contributed by atoms with Crippen LogP contribution in [0.2, 0.25) is 0 Å². The highest BCUT2D eigenvalue weighted by molar-refractivity contribution is 6.44. The fourth-order valence-corrected chi connectivity index (χ4v) is 1.08. The van der Waals surface area contributed by atoms with E-state index in [-0.39, 0.29) is 5.41 Å². The molecule has 0 aromatic heterocycles. The third kappa shape index (κ3) is 2.31. The summed E-state index contributed by atoms with van der Waals surface area (Å²) in [4.78, 5) is 34.0. The first kappa shape index (κ1) is 10.7. The SMILES string of the molecule is CC(C)(C)CCN1C(=O)NC(=O)C1=O. The monoisotopic (exact) mass is 198 g/mol. The van der Waals surface area contributed by atoms with Crippen LogP contribution >= 0.6 is 0 Å². The van der Waals surface area contributed by atoms with Gasteiger partial charge in [0.05, 0.1) is 0 Å². The van der Waals surface area contributed by atoms with E-state index in [1.54, 1.807) is 0 Å². The number of imide groups is 2. The van der Waals surface area contributed by atoms with Gasteiger partial charge in [-0.25, -0.2) is 4.79 Å². The zero-order valence-corrected chi connectivity index (χ0v) is 8.59. The summed E-state index contributed by atoms with van der Waals surface area (Å²) in [7, 11) is 0. The van der Waals surface area contributed by atoms with Crippen LogP contribution in [0.25, 0.3) is 0 Å². The second-order valence-corrected chi connectivity index (χ2v) is 4.53. The van der Waals surface area contributed by atoms with Crippen LogP contribution in [-0.2, 0) is 9.59 Å². The quantitative estimate of drug-likeness (QED) is 0.519. The van der Waals surface area contributed by atoms with Gasteiger partial charge >= 0.3 is 17.8 Å². The summed E-state index contributed by atoms with van der Waals surface area (Å²) in [5.41, 5.74) is 0.0339. The molecular weight excluding hydrogens is 184 g/mol. The number of carbonyl (C=O) groups excluding carboxylic acids is 3. The average Bonchev–Trinajstić information content (AvgIpc) is 2.23. The number of rotatable bonds is 2. The molecule has 0 atom stereocenters. The van der Waals surface area contributed by atoms with Crippen LogP contribution in [0.5, 0.6) is 0 Å². The number of carbonyl (C=O) groups is 3. The average molecular weight is 198 g/mol. The molecule has 5 nitrogen and oxygen atoms in total. The molecule has 0 aromatic rings. The van der Waals surface area contributed by atoms with Crippen molar-refractivity contribution in [1.29, 1.82) is 0 Å². The number of nitrogens with zero attached hydrogens (tertiary/aromatic N) is 1. The minimum atomic E-state index is -0.830. The Balaban J connectivity index is 2.57. The first-order chi connectivity index (χ1) is 6.31.